The number of carbonyl (C=O) groups excluding carboxylic acids is 1. The van der Waals surface area contributed by atoms with Crippen LogP contribution in [0, 0.1) is 0 Å². The van der Waals surface area contributed by atoms with Crippen LogP contribution >= 0.6 is 11.6 Å². The molecule has 0 bridgehead atoms. The summed E-state index contributed by atoms with van der Waals surface area (Å²) in [7, 11) is 1.37. The topological polar surface area (TPSA) is 88.9 Å². The first kappa shape index (κ1) is 27.2. The van der Waals surface area contributed by atoms with Crippen LogP contribution in [0.15, 0.2) is 30.3 Å². The molecule has 0 unspecified atom stereocenters. The molecule has 3 heterocycles. The number of nitrogens with zero attached hydrogens (tertiary/aromatic N) is 3. The fourth-order valence-electron chi connectivity index (χ4n) is 6.44. The lowest BCUT2D eigenvalue weighted by Crippen LogP contribution is -2.47. The molecule has 8 nitrogen and oxygen atoms in total. The maximum absolute atomic E-state index is 14.2. The number of fused-ring (bicyclic) bond motifs is 3. The van der Waals surface area contributed by atoms with Gasteiger partial charge in [0.25, 0.3) is 6.01 Å². The van der Waals surface area contributed by atoms with E-state index in [-0.39, 0.29) is 41.3 Å². The lowest BCUT2D eigenvalue weighted by molar-refractivity contribution is -0.136. The molecule has 1 saturated heterocycles. The van der Waals surface area contributed by atoms with E-state index in [4.69, 9.17) is 21.1 Å². The van der Waals surface area contributed by atoms with Gasteiger partial charge in [0, 0.05) is 29.4 Å². The first-order chi connectivity index (χ1) is 18.9. The first-order valence-corrected chi connectivity index (χ1v) is 13.6. The van der Waals surface area contributed by atoms with Crippen LogP contribution in [-0.2, 0) is 16.4 Å². The number of benzene rings is 2. The summed E-state index contributed by atoms with van der Waals surface area (Å²) < 4.78 is 55.2. The van der Waals surface area contributed by atoms with Crippen molar-refractivity contribution in [2.45, 2.75) is 55.8 Å². The van der Waals surface area contributed by atoms with E-state index in [1.54, 1.807) is 13.0 Å². The van der Waals surface area contributed by atoms with Crippen molar-refractivity contribution in [2.24, 2.45) is 0 Å². The number of methoxy groups -OCH3 is 1. The summed E-state index contributed by atoms with van der Waals surface area (Å²) in [5, 5.41) is 13.7. The van der Waals surface area contributed by atoms with E-state index in [0.717, 1.165) is 17.3 Å². The fourth-order valence-corrected chi connectivity index (χ4v) is 6.61. The van der Waals surface area contributed by atoms with Gasteiger partial charge in [-0.1, -0.05) is 11.6 Å². The summed E-state index contributed by atoms with van der Waals surface area (Å²) in [6, 6.07) is 7.65. The number of imidazole rings is 1. The predicted molar refractivity (Wildman–Crippen MR) is 143 cm³/mol. The van der Waals surface area contributed by atoms with Gasteiger partial charge in [0.05, 0.1) is 34.7 Å². The minimum atomic E-state index is -4.64. The monoisotopic (exact) mass is 578 g/mol. The van der Waals surface area contributed by atoms with Crippen molar-refractivity contribution < 1.29 is 32.5 Å². The number of hydrogen-bond donors (Lipinski definition) is 2. The highest BCUT2D eigenvalue weighted by molar-refractivity contribution is 6.31. The molecular formula is C28H30ClF3N4O4. The molecule has 2 aromatic carbocycles. The van der Waals surface area contributed by atoms with Crippen molar-refractivity contribution in [3.63, 3.8) is 0 Å². The van der Waals surface area contributed by atoms with Crippen LogP contribution in [0.5, 0.6) is 11.8 Å². The number of halogens is 4. The van der Waals surface area contributed by atoms with E-state index in [1.807, 2.05) is 12.1 Å². The van der Waals surface area contributed by atoms with Gasteiger partial charge >= 0.3 is 6.18 Å². The van der Waals surface area contributed by atoms with Crippen LogP contribution in [0.1, 0.15) is 49.8 Å². The van der Waals surface area contributed by atoms with Gasteiger partial charge < -0.3 is 19.9 Å². The zero-order valence-electron chi connectivity index (χ0n) is 22.1. The zero-order valence-corrected chi connectivity index (χ0v) is 22.9. The molecule has 40 heavy (non-hydrogen) atoms. The van der Waals surface area contributed by atoms with E-state index in [9.17, 15) is 23.1 Å². The maximum Gasteiger partial charge on any atom is 0.418 e. The Balaban J connectivity index is 1.16. The van der Waals surface area contributed by atoms with Crippen molar-refractivity contribution >= 4 is 34.2 Å². The van der Waals surface area contributed by atoms with E-state index < -0.39 is 22.8 Å². The van der Waals surface area contributed by atoms with Gasteiger partial charge in [-0.2, -0.15) is 18.2 Å². The molecule has 1 amide bonds. The smallest absolute Gasteiger partial charge is 0.418 e. The quantitative estimate of drug-likeness (QED) is 0.420. The Bertz CT molecular complexity index is 1470. The average molecular weight is 579 g/mol. The van der Waals surface area contributed by atoms with Gasteiger partial charge in [0.2, 0.25) is 5.91 Å². The second-order valence-electron chi connectivity index (χ2n) is 11.3. The van der Waals surface area contributed by atoms with E-state index in [2.05, 4.69) is 15.2 Å². The molecule has 1 saturated carbocycles. The third kappa shape index (κ3) is 4.57. The Morgan fingerprint density at radius 3 is 2.58 bits per heavy atom. The van der Waals surface area contributed by atoms with Gasteiger partial charge in [0.1, 0.15) is 12.4 Å². The lowest BCUT2D eigenvalue weighted by atomic mass is 9.73. The molecule has 2 N–H and O–H groups in total. The molecule has 2 fully saturated rings. The molecule has 214 valence electrons. The van der Waals surface area contributed by atoms with Crippen LogP contribution in [-0.4, -0.2) is 64.4 Å². The minimum Gasteiger partial charge on any atom is -0.492 e. The summed E-state index contributed by atoms with van der Waals surface area (Å²) in [6.07, 6.45) is -2.80. The number of anilines is 1. The Hall–Kier alpha value is -3.02. The largest absolute Gasteiger partial charge is 0.492 e. The SMILES string of the molecule is COc1nc2cc(OCCN3CCC4(CC3)C(=O)Nc3ccc(Cl)cc34)cc(C(F)(F)F)c2n1C1CC(C)(O)C1. The second-order valence-corrected chi connectivity index (χ2v) is 11.7. The molecule has 12 heteroatoms. The van der Waals surface area contributed by atoms with Crippen LogP contribution in [0.4, 0.5) is 18.9 Å². The predicted octanol–water partition coefficient (Wildman–Crippen LogP) is 5.17. The zero-order chi connectivity index (χ0) is 28.4. The van der Waals surface area contributed by atoms with Crippen molar-refractivity contribution in [3.05, 3.63) is 46.5 Å². The normalized spacial score (nSPS) is 24.2. The van der Waals surface area contributed by atoms with Crippen molar-refractivity contribution in [1.29, 1.82) is 0 Å². The number of aliphatic hydroxyl groups is 1. The van der Waals surface area contributed by atoms with Crippen LogP contribution < -0.4 is 14.8 Å². The lowest BCUT2D eigenvalue weighted by Gasteiger charge is -2.42. The summed E-state index contributed by atoms with van der Waals surface area (Å²) in [6.45, 7) is 3.61. The van der Waals surface area contributed by atoms with Gasteiger partial charge in [-0.05, 0) is 75.5 Å². The van der Waals surface area contributed by atoms with Crippen LogP contribution in [0.2, 0.25) is 5.02 Å². The molecule has 3 aliphatic rings. The van der Waals surface area contributed by atoms with E-state index in [0.29, 0.717) is 50.3 Å². The Morgan fingerprint density at radius 1 is 1.20 bits per heavy atom. The highest BCUT2D eigenvalue weighted by Crippen LogP contribution is 2.48. The highest BCUT2D eigenvalue weighted by Gasteiger charge is 2.48. The number of carbonyl (C=O) groups is 1. The number of ether oxygens (including phenoxy) is 2. The number of likely N-dealkylation sites (tertiary alicyclic amines) is 1. The fraction of sp³-hybridized carbons (Fsp3) is 0.500. The number of hydrogen-bond acceptors (Lipinski definition) is 6. The number of rotatable bonds is 6. The summed E-state index contributed by atoms with van der Waals surface area (Å²) in [5.74, 6) is 0.0500. The van der Waals surface area contributed by atoms with Gasteiger partial charge in [-0.25, -0.2) is 0 Å². The number of nitrogens with one attached hydrogen (secondary N) is 1. The number of alkyl halides is 3. The molecule has 1 aliphatic carbocycles. The Morgan fingerprint density at radius 2 is 1.93 bits per heavy atom. The molecule has 2 aliphatic heterocycles. The second kappa shape index (κ2) is 9.53. The van der Waals surface area contributed by atoms with E-state index in [1.165, 1.54) is 17.7 Å². The number of amides is 1. The van der Waals surface area contributed by atoms with Crippen molar-refractivity contribution in [3.8, 4) is 11.8 Å². The van der Waals surface area contributed by atoms with Crippen LogP contribution in [0.25, 0.3) is 11.0 Å². The van der Waals surface area contributed by atoms with Gasteiger partial charge in [-0.15, -0.1) is 0 Å². The van der Waals surface area contributed by atoms with Crippen molar-refractivity contribution in [2.75, 3.05) is 38.7 Å². The molecule has 1 aromatic heterocycles. The third-order valence-electron chi connectivity index (χ3n) is 8.50. The molecule has 6 rings (SSSR count). The Labute approximate surface area is 234 Å². The van der Waals surface area contributed by atoms with Gasteiger partial charge in [-0.3, -0.25) is 14.3 Å². The molecule has 1 spiro atoms. The molecular weight excluding hydrogens is 549 g/mol. The molecule has 0 atom stereocenters. The third-order valence-corrected chi connectivity index (χ3v) is 8.73. The standard InChI is InChI=1S/C28H30ClF3N4O4/c1-26(38)14-17(15-26)36-23-20(28(30,31)32)12-18(13-22(23)34-25(36)39-2)40-10-9-35-7-5-27(6-8-35)19-11-16(29)3-4-21(19)33-24(27)37/h3-4,11-13,17,38H,5-10,14-15H2,1-2H3,(H,33,37). The molecule has 0 radical (unpaired) electrons. The van der Waals surface area contributed by atoms with E-state index >= 15 is 0 Å². The van der Waals surface area contributed by atoms with Crippen LogP contribution in [0.3, 0.4) is 0 Å². The average Bonchev–Trinajstić information content (AvgIpc) is 3.37. The van der Waals surface area contributed by atoms with Gasteiger partial charge in [0.15, 0.2) is 0 Å². The first-order valence-electron chi connectivity index (χ1n) is 13.3. The summed E-state index contributed by atoms with van der Waals surface area (Å²) in [5.41, 5.74) is -0.633. The molecule has 3 aromatic rings. The number of piperidine rings is 1. The Kier molecular flexibility index (Phi) is 6.47. The summed E-state index contributed by atoms with van der Waals surface area (Å²) >= 11 is 6.20. The number of aromatic nitrogens is 2. The van der Waals surface area contributed by atoms with Crippen molar-refractivity contribution in [1.82, 2.24) is 14.5 Å². The highest BCUT2D eigenvalue weighted by atomic mass is 35.5. The minimum absolute atomic E-state index is 0.0194. The maximum atomic E-state index is 14.2. The summed E-state index contributed by atoms with van der Waals surface area (Å²) in [4.78, 5) is 19.3.